The van der Waals surface area contributed by atoms with E-state index in [1.165, 1.54) is 0 Å². The number of benzene rings is 3. The van der Waals surface area contributed by atoms with Crippen LogP contribution < -0.4 is 5.32 Å². The number of hydrogen-bond donors (Lipinski definition) is 1. The van der Waals surface area contributed by atoms with Crippen molar-refractivity contribution in [2.24, 2.45) is 4.99 Å². The molecule has 0 fully saturated rings. The molecule has 1 N–H and O–H groups in total. The molecule has 4 nitrogen and oxygen atoms in total. The van der Waals surface area contributed by atoms with Gasteiger partial charge in [-0.2, -0.15) is 0 Å². The first kappa shape index (κ1) is 20.9. The quantitative estimate of drug-likeness (QED) is 0.374. The van der Waals surface area contributed by atoms with Crippen LogP contribution >= 0.6 is 35.0 Å². The van der Waals surface area contributed by atoms with Crippen molar-refractivity contribution in [3.8, 4) is 0 Å². The first-order chi connectivity index (χ1) is 14.6. The lowest BCUT2D eigenvalue weighted by Crippen LogP contribution is -2.26. The highest BCUT2D eigenvalue weighted by molar-refractivity contribution is 7.99. The van der Waals surface area contributed by atoms with Gasteiger partial charge in [-0.3, -0.25) is 4.79 Å². The normalized spacial score (nSPS) is 12.4. The molecular weight excluding hydrogens is 439 g/mol. The fourth-order valence-corrected chi connectivity index (χ4v) is 4.42. The molecule has 0 aliphatic carbocycles. The number of amides is 1. The van der Waals surface area contributed by atoms with E-state index in [1.54, 1.807) is 24.9 Å². The van der Waals surface area contributed by atoms with E-state index in [2.05, 4.69) is 11.4 Å². The molecule has 7 heteroatoms. The second-order valence-corrected chi connectivity index (χ2v) is 8.52. The Morgan fingerprint density at radius 1 is 1.03 bits per heavy atom. The Morgan fingerprint density at radius 3 is 2.67 bits per heavy atom. The van der Waals surface area contributed by atoms with E-state index in [1.807, 2.05) is 48.5 Å². The SMILES string of the molecule is COCCNC(=O)c1ccc2c(c1)N=C(c1ccc(Cl)c(Cl)c1)c1ccccc1S2. The summed E-state index contributed by atoms with van der Waals surface area (Å²) >= 11 is 14.0. The van der Waals surface area contributed by atoms with Crippen LogP contribution in [0.1, 0.15) is 21.5 Å². The van der Waals surface area contributed by atoms with Gasteiger partial charge < -0.3 is 10.1 Å². The maximum absolute atomic E-state index is 12.5. The van der Waals surface area contributed by atoms with Gasteiger partial charge in [-0.15, -0.1) is 0 Å². The fraction of sp³-hybridized carbons (Fsp3) is 0.130. The third-order valence-corrected chi connectivity index (χ3v) is 6.48. The molecular formula is C23H18Cl2N2O2S. The molecule has 1 heterocycles. The van der Waals surface area contributed by atoms with Gasteiger partial charge in [0.05, 0.1) is 28.1 Å². The molecule has 3 aromatic rings. The molecule has 0 unspecified atom stereocenters. The Bertz CT molecular complexity index is 1150. The number of hydrogen-bond acceptors (Lipinski definition) is 4. The van der Waals surface area contributed by atoms with E-state index < -0.39 is 0 Å². The highest BCUT2D eigenvalue weighted by atomic mass is 35.5. The number of halogens is 2. The van der Waals surface area contributed by atoms with E-state index in [-0.39, 0.29) is 5.91 Å². The van der Waals surface area contributed by atoms with Crippen molar-refractivity contribution >= 4 is 52.3 Å². The summed E-state index contributed by atoms with van der Waals surface area (Å²) in [5.74, 6) is -0.159. The van der Waals surface area contributed by atoms with Crippen molar-refractivity contribution in [2.75, 3.05) is 20.3 Å². The number of carbonyl (C=O) groups is 1. The van der Waals surface area contributed by atoms with E-state index in [0.29, 0.717) is 28.8 Å². The maximum atomic E-state index is 12.5. The molecule has 0 atom stereocenters. The zero-order chi connectivity index (χ0) is 21.1. The number of nitrogens with zero attached hydrogens (tertiary/aromatic N) is 1. The van der Waals surface area contributed by atoms with Gasteiger partial charge in [-0.25, -0.2) is 4.99 Å². The lowest BCUT2D eigenvalue weighted by Gasteiger charge is -2.10. The Balaban J connectivity index is 1.80. The topological polar surface area (TPSA) is 50.7 Å². The second kappa shape index (κ2) is 9.23. The third kappa shape index (κ3) is 4.40. The van der Waals surface area contributed by atoms with Crippen LogP contribution in [-0.4, -0.2) is 31.9 Å². The first-order valence-corrected chi connectivity index (χ1v) is 10.9. The van der Waals surface area contributed by atoms with Crippen LogP contribution in [0.3, 0.4) is 0 Å². The Morgan fingerprint density at radius 2 is 1.87 bits per heavy atom. The number of rotatable bonds is 5. The van der Waals surface area contributed by atoms with E-state index in [9.17, 15) is 4.79 Å². The summed E-state index contributed by atoms with van der Waals surface area (Å²) < 4.78 is 4.99. The van der Waals surface area contributed by atoms with Gasteiger partial charge in [-0.05, 0) is 36.4 Å². The minimum Gasteiger partial charge on any atom is -0.383 e. The van der Waals surface area contributed by atoms with Gasteiger partial charge in [0, 0.05) is 40.1 Å². The molecule has 0 spiro atoms. The van der Waals surface area contributed by atoms with Gasteiger partial charge in [-0.1, -0.05) is 59.2 Å². The third-order valence-electron chi connectivity index (χ3n) is 4.60. The molecule has 3 aromatic carbocycles. The standard InChI is InChI=1S/C23H18Cl2N2O2S/c1-29-11-10-26-23(28)15-7-9-21-19(13-15)27-22(14-6-8-17(24)18(25)12-14)16-4-2-3-5-20(16)30-21/h2-9,12-13H,10-11H2,1H3,(H,26,28). The molecule has 1 amide bonds. The Labute approximate surface area is 189 Å². The zero-order valence-corrected chi connectivity index (χ0v) is 18.4. The molecule has 4 rings (SSSR count). The number of nitrogens with one attached hydrogen (secondary N) is 1. The zero-order valence-electron chi connectivity index (χ0n) is 16.1. The molecule has 152 valence electrons. The van der Waals surface area contributed by atoms with Crippen molar-refractivity contribution in [1.29, 1.82) is 0 Å². The van der Waals surface area contributed by atoms with Gasteiger partial charge in [0.2, 0.25) is 0 Å². The highest BCUT2D eigenvalue weighted by Crippen LogP contribution is 2.42. The summed E-state index contributed by atoms with van der Waals surface area (Å²) in [5, 5.41) is 3.81. The Hall–Kier alpha value is -2.31. The highest BCUT2D eigenvalue weighted by Gasteiger charge is 2.20. The summed E-state index contributed by atoms with van der Waals surface area (Å²) in [7, 11) is 1.60. The first-order valence-electron chi connectivity index (χ1n) is 9.29. The predicted octanol–water partition coefficient (Wildman–Crippen LogP) is 6.00. The molecule has 0 radical (unpaired) electrons. The van der Waals surface area contributed by atoms with Crippen LogP contribution in [0.2, 0.25) is 10.0 Å². The minimum atomic E-state index is -0.159. The van der Waals surface area contributed by atoms with Crippen LogP contribution in [-0.2, 0) is 4.74 Å². The van der Waals surface area contributed by atoms with Crippen molar-refractivity contribution in [1.82, 2.24) is 5.32 Å². The number of fused-ring (bicyclic) bond motifs is 2. The second-order valence-electron chi connectivity index (χ2n) is 6.62. The van der Waals surface area contributed by atoms with Crippen molar-refractivity contribution in [3.05, 3.63) is 87.4 Å². The maximum Gasteiger partial charge on any atom is 0.251 e. The van der Waals surface area contributed by atoms with Crippen LogP contribution in [0.5, 0.6) is 0 Å². The lowest BCUT2D eigenvalue weighted by atomic mass is 10.0. The molecule has 0 bridgehead atoms. The molecule has 1 aliphatic rings. The summed E-state index contributed by atoms with van der Waals surface area (Å²) in [6.45, 7) is 0.909. The van der Waals surface area contributed by atoms with Crippen LogP contribution in [0.4, 0.5) is 5.69 Å². The van der Waals surface area contributed by atoms with Gasteiger partial charge in [0.1, 0.15) is 0 Å². The predicted molar refractivity (Wildman–Crippen MR) is 123 cm³/mol. The minimum absolute atomic E-state index is 0.159. The van der Waals surface area contributed by atoms with Gasteiger partial charge in [0.25, 0.3) is 5.91 Å². The van der Waals surface area contributed by atoms with Crippen molar-refractivity contribution < 1.29 is 9.53 Å². The largest absolute Gasteiger partial charge is 0.383 e. The van der Waals surface area contributed by atoms with Crippen LogP contribution in [0.15, 0.2) is 75.4 Å². The average Bonchev–Trinajstić information content (AvgIpc) is 2.92. The number of methoxy groups -OCH3 is 1. The van der Waals surface area contributed by atoms with Crippen LogP contribution in [0.25, 0.3) is 0 Å². The van der Waals surface area contributed by atoms with Crippen molar-refractivity contribution in [2.45, 2.75) is 9.79 Å². The molecule has 0 aromatic heterocycles. The smallest absolute Gasteiger partial charge is 0.251 e. The molecule has 1 aliphatic heterocycles. The van der Waals surface area contributed by atoms with Crippen molar-refractivity contribution in [3.63, 3.8) is 0 Å². The van der Waals surface area contributed by atoms with E-state index in [0.717, 1.165) is 32.3 Å². The lowest BCUT2D eigenvalue weighted by molar-refractivity contribution is 0.0937. The summed E-state index contributed by atoms with van der Waals surface area (Å²) in [5.41, 5.74) is 3.93. The molecule has 0 saturated carbocycles. The Kier molecular flexibility index (Phi) is 6.44. The van der Waals surface area contributed by atoms with Crippen LogP contribution in [0, 0.1) is 0 Å². The average molecular weight is 457 g/mol. The summed E-state index contributed by atoms with van der Waals surface area (Å²) in [6.07, 6.45) is 0. The van der Waals surface area contributed by atoms with Gasteiger partial charge in [0.15, 0.2) is 0 Å². The summed E-state index contributed by atoms with van der Waals surface area (Å²) in [6, 6.07) is 19.1. The number of ether oxygens (including phenoxy) is 1. The van der Waals surface area contributed by atoms with E-state index in [4.69, 9.17) is 32.9 Å². The fourth-order valence-electron chi connectivity index (χ4n) is 3.11. The number of aliphatic imine (C=N–C) groups is 1. The molecule has 30 heavy (non-hydrogen) atoms. The monoisotopic (exact) mass is 456 g/mol. The van der Waals surface area contributed by atoms with E-state index >= 15 is 0 Å². The number of carbonyl (C=O) groups excluding carboxylic acids is 1. The molecule has 0 saturated heterocycles. The summed E-state index contributed by atoms with van der Waals surface area (Å²) in [4.78, 5) is 19.5. The van der Waals surface area contributed by atoms with Gasteiger partial charge >= 0.3 is 0 Å².